The van der Waals surface area contributed by atoms with Crippen LogP contribution in [0.25, 0.3) is 0 Å². The average molecular weight is 580 g/mol. The number of fused-ring (bicyclic) bond motifs is 2. The number of quaternary nitrogens is 1. The number of amides is 4. The molecular weight excluding hydrogens is 530 g/mol. The van der Waals surface area contributed by atoms with Gasteiger partial charge in [-0.15, -0.1) is 0 Å². The molecule has 2 bridgehead atoms. The second-order valence-corrected chi connectivity index (χ2v) is 11.2. The number of ether oxygens (including phenoxy) is 1. The summed E-state index contributed by atoms with van der Waals surface area (Å²) in [4.78, 5) is 35.9. The highest BCUT2D eigenvalue weighted by atomic mass is 32.3. The first kappa shape index (κ1) is 34.9. The molecule has 0 aliphatic carbocycles. The van der Waals surface area contributed by atoms with Crippen molar-refractivity contribution in [2.75, 3.05) is 39.8 Å². The average Bonchev–Trinajstić information content (AvgIpc) is 3.14. The number of unbranched alkanes of at least 4 members (excludes halogenated alkanes) is 4. The van der Waals surface area contributed by atoms with Gasteiger partial charge in [-0.2, -0.15) is 9.35 Å². The number of piperidine rings is 1. The first-order valence-electron chi connectivity index (χ1n) is 14.2. The van der Waals surface area contributed by atoms with Crippen molar-refractivity contribution in [1.29, 1.82) is 0 Å². The van der Waals surface area contributed by atoms with E-state index in [2.05, 4.69) is 42.1 Å². The van der Waals surface area contributed by atoms with E-state index in [1.54, 1.807) is 0 Å². The van der Waals surface area contributed by atoms with Crippen molar-refractivity contribution in [1.82, 2.24) is 20.8 Å². The quantitative estimate of drug-likeness (QED) is 0.130. The maximum Gasteiger partial charge on any atom is 0.425 e. The van der Waals surface area contributed by atoms with E-state index in [0.29, 0.717) is 5.06 Å². The number of rotatable bonds is 15. The van der Waals surface area contributed by atoms with Gasteiger partial charge in [-0.25, -0.2) is 23.4 Å². The van der Waals surface area contributed by atoms with Gasteiger partial charge in [-0.1, -0.05) is 53.4 Å². The Morgan fingerprint density at radius 2 is 1.41 bits per heavy atom. The Balaban J connectivity index is 0.000000406. The van der Waals surface area contributed by atoms with Crippen LogP contribution in [0, 0.1) is 0 Å². The van der Waals surface area contributed by atoms with Crippen molar-refractivity contribution in [3.63, 3.8) is 0 Å². The molecule has 2 fully saturated rings. The number of hydroxylamine groups is 2. The van der Waals surface area contributed by atoms with Crippen LogP contribution in [-0.4, -0.2) is 97.4 Å². The summed E-state index contributed by atoms with van der Waals surface area (Å²) in [6, 6.07) is -2.46. The zero-order valence-corrected chi connectivity index (χ0v) is 25.1. The minimum Gasteiger partial charge on any atom is -0.724 e. The molecule has 13 nitrogen and oxygen atoms in total. The van der Waals surface area contributed by atoms with E-state index < -0.39 is 40.5 Å². The summed E-state index contributed by atoms with van der Waals surface area (Å²) < 4.78 is 41.6. The van der Waals surface area contributed by atoms with E-state index >= 15 is 0 Å². The second kappa shape index (κ2) is 17.5. The normalized spacial score (nSPS) is 18.9. The van der Waals surface area contributed by atoms with Gasteiger partial charge in [0.05, 0.1) is 39.3 Å². The summed E-state index contributed by atoms with van der Waals surface area (Å²) in [5, 5.41) is 0.462. The summed E-state index contributed by atoms with van der Waals surface area (Å²) in [6.45, 7) is 15.1. The smallest absolute Gasteiger partial charge is 0.425 e. The second-order valence-electron chi connectivity index (χ2n) is 10.2. The van der Waals surface area contributed by atoms with Crippen LogP contribution >= 0.6 is 0 Å². The lowest BCUT2D eigenvalue weighted by molar-refractivity contribution is -0.929. The predicted octanol–water partition coefficient (Wildman–Crippen LogP) is 3.04. The van der Waals surface area contributed by atoms with Crippen molar-refractivity contribution in [3.05, 3.63) is 0 Å². The lowest BCUT2D eigenvalue weighted by atomic mass is 10.0. The summed E-state index contributed by atoms with van der Waals surface area (Å²) in [7, 11) is -3.98. The van der Waals surface area contributed by atoms with Crippen LogP contribution in [0.15, 0.2) is 0 Å². The molecule has 0 saturated carbocycles. The molecule has 0 aromatic carbocycles. The SMILES string of the molecule is CCCC[N+](CCCC)(CCCC)CCCC.COC(=O)NNC(=O)[C@@H]1CC[C@@H]2CN1C(=O)N2OS(=O)(=O)[O-]. The summed E-state index contributed by atoms with van der Waals surface area (Å²) >= 11 is 0. The standard InChI is InChI=1S/C16H36N.C9H14N4O8S/c1-5-9-13-17(14-10-6-2,15-11-7-3)16-12-8-4;1-20-8(15)11-10-7(14)6-3-2-5-4-12(6)9(16)13(5)21-22(17,18)19/h5-16H2,1-4H3;5-6H,2-4H2,1H3,(H,10,14)(H,11,15)(H,17,18,19)/q+1;/p-1/t;5-,6+/m.1/s1. The molecule has 2 rings (SSSR count). The molecule has 2 atom stereocenters. The zero-order valence-electron chi connectivity index (χ0n) is 24.3. The Kier molecular flexibility index (Phi) is 15.7. The van der Waals surface area contributed by atoms with Gasteiger partial charge in [-0.3, -0.25) is 10.2 Å². The molecule has 2 heterocycles. The number of nitrogens with zero attached hydrogens (tertiary/aromatic N) is 3. The van der Waals surface area contributed by atoms with Gasteiger partial charge >= 0.3 is 12.1 Å². The van der Waals surface area contributed by atoms with E-state index in [9.17, 15) is 27.4 Å². The highest BCUT2D eigenvalue weighted by molar-refractivity contribution is 7.80. The van der Waals surface area contributed by atoms with Crippen LogP contribution < -0.4 is 10.9 Å². The molecule has 0 aromatic heterocycles. The van der Waals surface area contributed by atoms with E-state index in [1.165, 1.54) is 82.0 Å². The molecule has 0 radical (unpaired) electrons. The van der Waals surface area contributed by atoms with E-state index in [1.807, 2.05) is 5.43 Å². The number of hydrogen-bond acceptors (Lipinski definition) is 8. The molecule has 0 unspecified atom stereocenters. The maximum atomic E-state index is 12.0. The van der Waals surface area contributed by atoms with Crippen molar-refractivity contribution in [2.24, 2.45) is 0 Å². The zero-order chi connectivity index (χ0) is 29.5. The summed E-state index contributed by atoms with van der Waals surface area (Å²) in [6.07, 6.45) is 10.6. The van der Waals surface area contributed by atoms with Crippen molar-refractivity contribution in [2.45, 2.75) is 104 Å². The Bertz CT molecular complexity index is 835. The number of hydrogen-bond donors (Lipinski definition) is 2. The summed E-state index contributed by atoms with van der Waals surface area (Å²) in [5.74, 6) is -0.677. The molecule has 2 aliphatic heterocycles. The van der Waals surface area contributed by atoms with E-state index in [0.717, 1.165) is 12.0 Å². The molecule has 2 aliphatic rings. The number of urea groups is 1. The first-order chi connectivity index (χ1) is 18.5. The van der Waals surface area contributed by atoms with Gasteiger partial charge in [0.25, 0.3) is 5.91 Å². The number of carbonyl (C=O) groups is 3. The number of methoxy groups -OCH3 is 1. The predicted molar refractivity (Wildman–Crippen MR) is 145 cm³/mol. The van der Waals surface area contributed by atoms with Gasteiger partial charge in [0.1, 0.15) is 6.04 Å². The third kappa shape index (κ3) is 11.9. The molecular formula is C25H49N5O8S. The van der Waals surface area contributed by atoms with Crippen molar-refractivity contribution < 1.29 is 40.9 Å². The minimum atomic E-state index is -5.09. The Morgan fingerprint density at radius 3 is 1.82 bits per heavy atom. The highest BCUT2D eigenvalue weighted by Crippen LogP contribution is 2.30. The van der Waals surface area contributed by atoms with Crippen LogP contribution in [0.2, 0.25) is 0 Å². The van der Waals surface area contributed by atoms with Gasteiger partial charge in [0, 0.05) is 6.54 Å². The fourth-order valence-electron chi connectivity index (χ4n) is 4.99. The van der Waals surface area contributed by atoms with Crippen LogP contribution in [0.4, 0.5) is 9.59 Å². The third-order valence-electron chi connectivity index (χ3n) is 7.21. The van der Waals surface area contributed by atoms with Gasteiger partial charge < -0.3 is 18.7 Å². The van der Waals surface area contributed by atoms with Crippen LogP contribution in [0.5, 0.6) is 0 Å². The minimum absolute atomic E-state index is 0.0324. The lowest BCUT2D eigenvalue weighted by Crippen LogP contribution is -2.54. The number of nitrogens with one attached hydrogen (secondary N) is 2. The maximum absolute atomic E-state index is 12.0. The molecule has 14 heteroatoms. The van der Waals surface area contributed by atoms with Crippen LogP contribution in [0.1, 0.15) is 91.9 Å². The molecule has 0 aromatic rings. The molecule has 228 valence electrons. The van der Waals surface area contributed by atoms with Crippen LogP contribution in [0.3, 0.4) is 0 Å². The monoisotopic (exact) mass is 579 g/mol. The van der Waals surface area contributed by atoms with Gasteiger partial charge in [-0.05, 0) is 38.5 Å². The molecule has 0 spiro atoms. The fourth-order valence-corrected chi connectivity index (χ4v) is 5.38. The Morgan fingerprint density at radius 1 is 0.923 bits per heavy atom. The lowest BCUT2D eigenvalue weighted by Gasteiger charge is -2.39. The van der Waals surface area contributed by atoms with Crippen LogP contribution in [-0.2, 0) is 24.2 Å². The first-order valence-corrected chi connectivity index (χ1v) is 15.5. The molecule has 4 amide bonds. The summed E-state index contributed by atoms with van der Waals surface area (Å²) in [5.41, 5.74) is 4.04. The number of carbonyl (C=O) groups excluding carboxylic acids is 3. The fraction of sp³-hybridized carbons (Fsp3) is 0.880. The van der Waals surface area contributed by atoms with Crippen molar-refractivity contribution in [3.8, 4) is 0 Å². The molecule has 39 heavy (non-hydrogen) atoms. The van der Waals surface area contributed by atoms with Gasteiger partial charge in [0.15, 0.2) is 0 Å². The topological polar surface area (TPSA) is 157 Å². The molecule has 2 saturated heterocycles. The van der Waals surface area contributed by atoms with E-state index in [4.69, 9.17) is 0 Å². The third-order valence-corrected chi connectivity index (χ3v) is 7.56. The Hall–Kier alpha value is -2.16. The largest absolute Gasteiger partial charge is 0.724 e. The van der Waals surface area contributed by atoms with Gasteiger partial charge in [0.2, 0.25) is 10.4 Å². The number of hydrazine groups is 1. The molecule has 2 N–H and O–H groups in total. The van der Waals surface area contributed by atoms with E-state index in [-0.39, 0.29) is 19.4 Å². The highest BCUT2D eigenvalue weighted by Gasteiger charge is 2.48. The van der Waals surface area contributed by atoms with Crippen molar-refractivity contribution >= 4 is 28.4 Å². The Labute approximate surface area is 234 Å².